The Kier molecular flexibility index (Phi) is 5.66. The van der Waals surface area contributed by atoms with Crippen LogP contribution in [0.2, 0.25) is 0 Å². The van der Waals surface area contributed by atoms with E-state index in [1.54, 1.807) is 0 Å². The number of amides is 1. The first-order chi connectivity index (χ1) is 13.0. The van der Waals surface area contributed by atoms with Crippen LogP contribution in [0.25, 0.3) is 0 Å². The van der Waals surface area contributed by atoms with Gasteiger partial charge in [-0.2, -0.15) is 4.98 Å². The van der Waals surface area contributed by atoms with Gasteiger partial charge in [-0.25, -0.2) is 4.98 Å². The maximum Gasteiger partial charge on any atom is 0.229 e. The number of carbonyl (C=O) groups excluding carboxylic acids is 1. The zero-order valence-corrected chi connectivity index (χ0v) is 15.7. The van der Waals surface area contributed by atoms with Gasteiger partial charge in [-0.1, -0.05) is 29.8 Å². The molecule has 2 aromatic carbocycles. The monoisotopic (exact) mass is 361 g/mol. The molecular formula is C21H23N5O. The van der Waals surface area contributed by atoms with Gasteiger partial charge in [0, 0.05) is 36.6 Å². The molecule has 27 heavy (non-hydrogen) atoms. The maximum atomic E-state index is 11.2. The Bertz CT molecular complexity index is 938. The van der Waals surface area contributed by atoms with Crippen molar-refractivity contribution in [1.29, 1.82) is 0 Å². The van der Waals surface area contributed by atoms with Gasteiger partial charge in [0.25, 0.3) is 0 Å². The van der Waals surface area contributed by atoms with E-state index >= 15 is 0 Å². The number of anilines is 4. The molecule has 0 aliphatic carbocycles. The average Bonchev–Trinajstić information content (AvgIpc) is 2.61. The zero-order chi connectivity index (χ0) is 19.2. The molecule has 138 valence electrons. The molecule has 0 spiro atoms. The molecule has 6 heteroatoms. The van der Waals surface area contributed by atoms with Gasteiger partial charge in [0.05, 0.1) is 0 Å². The molecule has 1 heterocycles. The number of hydrogen-bond acceptors (Lipinski definition) is 5. The normalized spacial score (nSPS) is 10.3. The average molecular weight is 361 g/mol. The third-order valence-electron chi connectivity index (χ3n) is 3.88. The lowest BCUT2D eigenvalue weighted by Crippen LogP contribution is -2.08. The van der Waals surface area contributed by atoms with Crippen LogP contribution in [0, 0.1) is 13.8 Å². The minimum atomic E-state index is -0.0849. The van der Waals surface area contributed by atoms with Gasteiger partial charge in [-0.3, -0.25) is 4.79 Å². The van der Waals surface area contributed by atoms with Crippen molar-refractivity contribution < 1.29 is 4.79 Å². The largest absolute Gasteiger partial charge is 0.366 e. The van der Waals surface area contributed by atoms with Gasteiger partial charge in [-0.15, -0.1) is 0 Å². The molecule has 3 rings (SSSR count). The summed E-state index contributed by atoms with van der Waals surface area (Å²) in [7, 11) is 0. The third kappa shape index (κ3) is 5.54. The molecule has 1 amide bonds. The van der Waals surface area contributed by atoms with Crippen LogP contribution in [0.1, 0.15) is 23.7 Å². The van der Waals surface area contributed by atoms with Crippen molar-refractivity contribution in [1.82, 2.24) is 9.97 Å². The summed E-state index contributed by atoms with van der Waals surface area (Å²) < 4.78 is 0. The molecule has 0 radical (unpaired) electrons. The summed E-state index contributed by atoms with van der Waals surface area (Å²) in [5.41, 5.74) is 4.84. The standard InChI is InChI=1S/C21H23N5O/c1-14-7-9-18(10-8-14)25-21-23-15(2)11-20(26-21)22-13-17-5-4-6-19(12-17)24-16(3)27/h4-12H,13H2,1-3H3,(H,24,27)(H2,22,23,25,26). The van der Waals surface area contributed by atoms with Crippen molar-refractivity contribution >= 4 is 29.0 Å². The van der Waals surface area contributed by atoms with Gasteiger partial charge < -0.3 is 16.0 Å². The van der Waals surface area contributed by atoms with Crippen molar-refractivity contribution in [2.24, 2.45) is 0 Å². The van der Waals surface area contributed by atoms with E-state index in [-0.39, 0.29) is 5.91 Å². The highest BCUT2D eigenvalue weighted by Crippen LogP contribution is 2.17. The van der Waals surface area contributed by atoms with Crippen molar-refractivity contribution in [3.8, 4) is 0 Å². The number of carbonyl (C=O) groups is 1. The van der Waals surface area contributed by atoms with E-state index in [1.807, 2.05) is 61.5 Å². The number of nitrogens with zero attached hydrogens (tertiary/aromatic N) is 2. The minimum Gasteiger partial charge on any atom is -0.366 e. The van der Waals surface area contributed by atoms with E-state index in [0.717, 1.165) is 28.5 Å². The van der Waals surface area contributed by atoms with Gasteiger partial charge in [0.2, 0.25) is 11.9 Å². The van der Waals surface area contributed by atoms with Crippen LogP contribution in [0.4, 0.5) is 23.1 Å². The third-order valence-corrected chi connectivity index (χ3v) is 3.88. The Balaban J connectivity index is 1.69. The predicted molar refractivity (Wildman–Crippen MR) is 109 cm³/mol. The number of aromatic nitrogens is 2. The number of aryl methyl sites for hydroxylation is 2. The summed E-state index contributed by atoms with van der Waals surface area (Å²) in [6.45, 7) is 6.07. The van der Waals surface area contributed by atoms with E-state index < -0.39 is 0 Å². The van der Waals surface area contributed by atoms with Crippen LogP contribution < -0.4 is 16.0 Å². The number of rotatable bonds is 6. The van der Waals surface area contributed by atoms with E-state index in [9.17, 15) is 4.79 Å². The molecule has 6 nitrogen and oxygen atoms in total. The van der Waals surface area contributed by atoms with Gasteiger partial charge in [-0.05, 0) is 43.7 Å². The molecule has 0 aliphatic heterocycles. The fraction of sp³-hybridized carbons (Fsp3) is 0.190. The van der Waals surface area contributed by atoms with Gasteiger partial charge in [0.15, 0.2) is 0 Å². The molecular weight excluding hydrogens is 338 g/mol. The Hall–Kier alpha value is -3.41. The van der Waals surface area contributed by atoms with Crippen LogP contribution in [-0.2, 0) is 11.3 Å². The van der Waals surface area contributed by atoms with E-state index in [4.69, 9.17) is 0 Å². The second-order valence-corrected chi connectivity index (χ2v) is 6.44. The van der Waals surface area contributed by atoms with Crippen LogP contribution in [-0.4, -0.2) is 15.9 Å². The predicted octanol–water partition coefficient (Wildman–Crippen LogP) is 4.41. The second kappa shape index (κ2) is 8.31. The fourth-order valence-electron chi connectivity index (χ4n) is 2.64. The molecule has 3 N–H and O–H groups in total. The summed E-state index contributed by atoms with van der Waals surface area (Å²) in [6, 6.07) is 17.7. The van der Waals surface area contributed by atoms with E-state index in [0.29, 0.717) is 12.5 Å². The Morgan fingerprint density at radius 2 is 1.74 bits per heavy atom. The molecule has 0 atom stereocenters. The molecule has 0 saturated carbocycles. The summed E-state index contributed by atoms with van der Waals surface area (Å²) in [6.07, 6.45) is 0. The highest BCUT2D eigenvalue weighted by molar-refractivity contribution is 5.88. The van der Waals surface area contributed by atoms with Crippen molar-refractivity contribution in [2.75, 3.05) is 16.0 Å². The van der Waals surface area contributed by atoms with Crippen LogP contribution in [0.3, 0.4) is 0 Å². The lowest BCUT2D eigenvalue weighted by molar-refractivity contribution is -0.114. The molecule has 0 fully saturated rings. The number of nitrogens with one attached hydrogen (secondary N) is 3. The molecule has 0 aliphatic rings. The molecule has 0 bridgehead atoms. The lowest BCUT2D eigenvalue weighted by atomic mass is 10.2. The topological polar surface area (TPSA) is 78.9 Å². The number of hydrogen-bond donors (Lipinski definition) is 3. The number of benzene rings is 2. The Morgan fingerprint density at radius 1 is 0.963 bits per heavy atom. The van der Waals surface area contributed by atoms with Crippen LogP contribution in [0.5, 0.6) is 0 Å². The Morgan fingerprint density at radius 3 is 2.48 bits per heavy atom. The Labute approximate surface area is 159 Å². The molecule has 1 aromatic heterocycles. The fourth-order valence-corrected chi connectivity index (χ4v) is 2.64. The molecule has 0 unspecified atom stereocenters. The second-order valence-electron chi connectivity index (χ2n) is 6.44. The van der Waals surface area contributed by atoms with E-state index in [2.05, 4.69) is 32.8 Å². The summed E-state index contributed by atoms with van der Waals surface area (Å²) in [5, 5.41) is 9.34. The first-order valence-corrected chi connectivity index (χ1v) is 8.78. The highest BCUT2D eigenvalue weighted by atomic mass is 16.1. The van der Waals surface area contributed by atoms with Crippen LogP contribution >= 0.6 is 0 Å². The first kappa shape index (κ1) is 18.4. The highest BCUT2D eigenvalue weighted by Gasteiger charge is 2.04. The first-order valence-electron chi connectivity index (χ1n) is 8.78. The zero-order valence-electron chi connectivity index (χ0n) is 15.7. The lowest BCUT2D eigenvalue weighted by Gasteiger charge is -2.11. The van der Waals surface area contributed by atoms with Crippen molar-refractivity contribution in [2.45, 2.75) is 27.3 Å². The van der Waals surface area contributed by atoms with Gasteiger partial charge in [0.1, 0.15) is 5.82 Å². The maximum absolute atomic E-state index is 11.2. The van der Waals surface area contributed by atoms with Crippen molar-refractivity contribution in [3.05, 3.63) is 71.4 Å². The summed E-state index contributed by atoms with van der Waals surface area (Å²) in [4.78, 5) is 20.2. The summed E-state index contributed by atoms with van der Waals surface area (Å²) in [5.74, 6) is 1.20. The quantitative estimate of drug-likeness (QED) is 0.606. The minimum absolute atomic E-state index is 0.0849. The molecule has 3 aromatic rings. The summed E-state index contributed by atoms with van der Waals surface area (Å²) >= 11 is 0. The van der Waals surface area contributed by atoms with Crippen molar-refractivity contribution in [3.63, 3.8) is 0 Å². The SMILES string of the molecule is CC(=O)Nc1cccc(CNc2cc(C)nc(Nc3ccc(C)cc3)n2)c1. The molecule has 0 saturated heterocycles. The van der Waals surface area contributed by atoms with E-state index in [1.165, 1.54) is 12.5 Å². The van der Waals surface area contributed by atoms with Crippen LogP contribution in [0.15, 0.2) is 54.6 Å². The van der Waals surface area contributed by atoms with Gasteiger partial charge >= 0.3 is 0 Å². The smallest absolute Gasteiger partial charge is 0.229 e.